The minimum atomic E-state index is -0.0925. The highest BCUT2D eigenvalue weighted by atomic mass is 16.1. The molecule has 0 aliphatic carbocycles. The van der Waals surface area contributed by atoms with E-state index in [0.29, 0.717) is 12.5 Å². The van der Waals surface area contributed by atoms with Crippen molar-refractivity contribution in [3.63, 3.8) is 0 Å². The molecule has 0 unspecified atom stereocenters. The molecule has 1 N–H and O–H groups in total. The average Bonchev–Trinajstić information content (AvgIpc) is 2.90. The average molecular weight is 301 g/mol. The monoisotopic (exact) mass is 301 g/mol. The molecular weight excluding hydrogens is 278 g/mol. The Morgan fingerprint density at radius 1 is 1.32 bits per heavy atom. The van der Waals surface area contributed by atoms with Gasteiger partial charge >= 0.3 is 5.69 Å². The lowest BCUT2D eigenvalue weighted by Gasteiger charge is -2.31. The second-order valence-electron chi connectivity index (χ2n) is 5.93. The second-order valence-corrected chi connectivity index (χ2v) is 5.93. The first kappa shape index (κ1) is 15.0. The number of piperidine rings is 1. The molecule has 1 saturated heterocycles. The zero-order valence-corrected chi connectivity index (χ0v) is 13.0. The molecule has 0 atom stereocenters. The van der Waals surface area contributed by atoms with E-state index < -0.39 is 0 Å². The molecule has 1 fully saturated rings. The van der Waals surface area contributed by atoms with Gasteiger partial charge in [-0.3, -0.25) is 14.5 Å². The fourth-order valence-corrected chi connectivity index (χ4v) is 3.16. The lowest BCUT2D eigenvalue weighted by molar-refractivity contribution is 0.173. The summed E-state index contributed by atoms with van der Waals surface area (Å²) in [7, 11) is 0. The van der Waals surface area contributed by atoms with Crippen LogP contribution in [0.25, 0.3) is 0 Å². The van der Waals surface area contributed by atoms with E-state index in [1.807, 2.05) is 25.3 Å². The van der Waals surface area contributed by atoms with E-state index >= 15 is 0 Å². The summed E-state index contributed by atoms with van der Waals surface area (Å²) in [6.45, 7) is 5.76. The summed E-state index contributed by atoms with van der Waals surface area (Å²) in [6.07, 6.45) is 5.04. The van der Waals surface area contributed by atoms with Gasteiger partial charge in [0.05, 0.1) is 5.69 Å². The van der Waals surface area contributed by atoms with Crippen LogP contribution in [0, 0.1) is 5.92 Å². The van der Waals surface area contributed by atoms with Crippen LogP contribution in [-0.4, -0.2) is 37.7 Å². The van der Waals surface area contributed by atoms with Crippen molar-refractivity contribution in [2.45, 2.75) is 39.3 Å². The number of likely N-dealkylation sites (tertiary alicyclic amines) is 1. The Kier molecular flexibility index (Phi) is 4.68. The number of hydrogen-bond donors (Lipinski definition) is 1. The second kappa shape index (κ2) is 6.87. The van der Waals surface area contributed by atoms with Crippen molar-refractivity contribution < 1.29 is 0 Å². The maximum Gasteiger partial charge on any atom is 0.343 e. The summed E-state index contributed by atoms with van der Waals surface area (Å²) in [5.41, 5.74) is 1.04. The van der Waals surface area contributed by atoms with Crippen molar-refractivity contribution in [3.8, 4) is 0 Å². The molecule has 0 spiro atoms. The molecule has 0 aromatic carbocycles. The highest BCUT2D eigenvalue weighted by Gasteiger charge is 2.21. The highest BCUT2D eigenvalue weighted by molar-refractivity contribution is 5.03. The fourth-order valence-electron chi connectivity index (χ4n) is 3.16. The molecule has 0 amide bonds. The van der Waals surface area contributed by atoms with Crippen molar-refractivity contribution in [1.29, 1.82) is 0 Å². The molecule has 6 nitrogen and oxygen atoms in total. The maximum absolute atomic E-state index is 11.6. The predicted octanol–water partition coefficient (Wildman–Crippen LogP) is 1.44. The minimum absolute atomic E-state index is 0.0925. The molecule has 2 aromatic rings. The Hall–Kier alpha value is -1.95. The topological polar surface area (TPSA) is 66.8 Å². The number of H-pyrrole nitrogens is 1. The van der Waals surface area contributed by atoms with Crippen LogP contribution in [0.5, 0.6) is 0 Å². The van der Waals surface area contributed by atoms with Gasteiger partial charge in [-0.05, 0) is 50.9 Å². The van der Waals surface area contributed by atoms with Gasteiger partial charge < -0.3 is 0 Å². The number of aromatic amines is 1. The summed E-state index contributed by atoms with van der Waals surface area (Å²) < 4.78 is 1.74. The molecule has 2 aromatic heterocycles. The first-order valence-electron chi connectivity index (χ1n) is 8.02. The van der Waals surface area contributed by atoms with E-state index in [0.717, 1.165) is 50.4 Å². The number of nitrogens with one attached hydrogen (secondary N) is 1. The minimum Gasteiger partial charge on any atom is -0.297 e. The van der Waals surface area contributed by atoms with Crippen LogP contribution >= 0.6 is 0 Å². The number of aromatic nitrogens is 4. The maximum atomic E-state index is 11.6. The van der Waals surface area contributed by atoms with Gasteiger partial charge in [0.1, 0.15) is 5.82 Å². The van der Waals surface area contributed by atoms with E-state index in [2.05, 4.69) is 26.1 Å². The zero-order chi connectivity index (χ0) is 15.4. The first-order chi connectivity index (χ1) is 10.8. The van der Waals surface area contributed by atoms with Crippen molar-refractivity contribution >= 4 is 0 Å². The zero-order valence-electron chi connectivity index (χ0n) is 13.0. The Labute approximate surface area is 130 Å². The van der Waals surface area contributed by atoms with Gasteiger partial charge in [-0.25, -0.2) is 9.89 Å². The fraction of sp³-hybridized carbons (Fsp3) is 0.562. The van der Waals surface area contributed by atoms with Gasteiger partial charge in [-0.1, -0.05) is 6.07 Å². The summed E-state index contributed by atoms with van der Waals surface area (Å²) in [6, 6.07) is 6.07. The van der Waals surface area contributed by atoms with Gasteiger partial charge in [-0.15, -0.1) is 0 Å². The molecule has 3 rings (SSSR count). The SMILES string of the molecule is CCn1c(CC2CCN(Cc3ccccn3)CC2)n[nH]c1=O. The Morgan fingerprint density at radius 3 is 2.82 bits per heavy atom. The van der Waals surface area contributed by atoms with Gasteiger partial charge in [0.2, 0.25) is 0 Å². The molecule has 3 heterocycles. The lowest BCUT2D eigenvalue weighted by atomic mass is 9.93. The van der Waals surface area contributed by atoms with Crippen LogP contribution in [0.2, 0.25) is 0 Å². The van der Waals surface area contributed by atoms with Crippen LogP contribution in [0.3, 0.4) is 0 Å². The van der Waals surface area contributed by atoms with Crippen molar-refractivity contribution in [2.24, 2.45) is 5.92 Å². The smallest absolute Gasteiger partial charge is 0.297 e. The standard InChI is InChI=1S/C16H23N5O/c1-2-21-15(18-19-16(21)22)11-13-6-9-20(10-7-13)12-14-5-3-4-8-17-14/h3-5,8,13H,2,6-7,9-12H2,1H3,(H,19,22). The molecule has 1 aliphatic heterocycles. The normalized spacial score (nSPS) is 17.0. The van der Waals surface area contributed by atoms with Crippen molar-refractivity contribution in [3.05, 3.63) is 46.4 Å². The van der Waals surface area contributed by atoms with E-state index in [9.17, 15) is 4.79 Å². The lowest BCUT2D eigenvalue weighted by Crippen LogP contribution is -2.34. The van der Waals surface area contributed by atoms with E-state index in [4.69, 9.17) is 0 Å². The van der Waals surface area contributed by atoms with Gasteiger partial charge in [0, 0.05) is 25.7 Å². The highest BCUT2D eigenvalue weighted by Crippen LogP contribution is 2.21. The summed E-state index contributed by atoms with van der Waals surface area (Å²) >= 11 is 0. The molecule has 0 saturated carbocycles. The Morgan fingerprint density at radius 2 is 2.14 bits per heavy atom. The number of nitrogens with zero attached hydrogens (tertiary/aromatic N) is 4. The van der Waals surface area contributed by atoms with E-state index in [-0.39, 0.29) is 5.69 Å². The molecule has 0 radical (unpaired) electrons. The van der Waals surface area contributed by atoms with Crippen molar-refractivity contribution in [2.75, 3.05) is 13.1 Å². The van der Waals surface area contributed by atoms with Crippen molar-refractivity contribution in [1.82, 2.24) is 24.6 Å². The predicted molar refractivity (Wildman–Crippen MR) is 84.5 cm³/mol. The van der Waals surface area contributed by atoms with Gasteiger partial charge in [-0.2, -0.15) is 5.10 Å². The van der Waals surface area contributed by atoms with Crippen LogP contribution in [0.4, 0.5) is 0 Å². The third-order valence-electron chi connectivity index (χ3n) is 4.44. The number of rotatable bonds is 5. The number of pyridine rings is 1. The van der Waals surface area contributed by atoms with Crippen LogP contribution < -0.4 is 5.69 Å². The van der Waals surface area contributed by atoms with Crippen LogP contribution in [0.1, 0.15) is 31.3 Å². The summed E-state index contributed by atoms with van der Waals surface area (Å²) in [4.78, 5) is 18.4. The Balaban J connectivity index is 1.52. The van der Waals surface area contributed by atoms with E-state index in [1.54, 1.807) is 4.57 Å². The van der Waals surface area contributed by atoms with Gasteiger partial charge in [0.15, 0.2) is 0 Å². The molecular formula is C16H23N5O. The first-order valence-corrected chi connectivity index (χ1v) is 8.02. The van der Waals surface area contributed by atoms with E-state index in [1.165, 1.54) is 0 Å². The largest absolute Gasteiger partial charge is 0.343 e. The molecule has 6 heteroatoms. The summed E-state index contributed by atoms with van der Waals surface area (Å²) in [5.74, 6) is 1.51. The molecule has 1 aliphatic rings. The third kappa shape index (κ3) is 3.44. The molecule has 118 valence electrons. The quantitative estimate of drug-likeness (QED) is 0.907. The van der Waals surface area contributed by atoms with Gasteiger partial charge in [0.25, 0.3) is 0 Å². The third-order valence-corrected chi connectivity index (χ3v) is 4.44. The van der Waals surface area contributed by atoms with Crippen LogP contribution in [0.15, 0.2) is 29.2 Å². The molecule has 22 heavy (non-hydrogen) atoms. The molecule has 0 bridgehead atoms. The van der Waals surface area contributed by atoms with Crippen LogP contribution in [-0.2, 0) is 19.5 Å². The Bertz CT molecular complexity index is 640. The summed E-state index contributed by atoms with van der Waals surface area (Å²) in [5, 5.41) is 6.73. The number of hydrogen-bond acceptors (Lipinski definition) is 4.